The van der Waals surface area contributed by atoms with Crippen molar-refractivity contribution in [2.24, 2.45) is 11.8 Å². The first-order valence-corrected chi connectivity index (χ1v) is 10.9. The molecule has 0 radical (unpaired) electrons. The maximum absolute atomic E-state index is 13.4. The minimum Gasteiger partial charge on any atom is -0.390 e. The first-order valence-electron chi connectivity index (χ1n) is 10.1. The highest BCUT2D eigenvalue weighted by Crippen LogP contribution is 2.57. The molecule has 4 bridgehead atoms. The molecule has 4 aliphatic rings. The number of carbonyl (C=O) groups excluding carboxylic acids is 1. The number of aliphatic hydroxyl groups is 1. The Morgan fingerprint density at radius 1 is 1.25 bits per heavy atom. The van der Waals surface area contributed by atoms with Crippen LogP contribution >= 0.6 is 11.3 Å². The Hall–Kier alpha value is -2.18. The maximum atomic E-state index is 13.4. The van der Waals surface area contributed by atoms with E-state index in [1.54, 1.807) is 11.3 Å². The number of thiazole rings is 1. The first-order chi connectivity index (χ1) is 13.5. The van der Waals surface area contributed by atoms with E-state index >= 15 is 0 Å². The molecule has 144 valence electrons. The third kappa shape index (κ3) is 2.54. The highest BCUT2D eigenvalue weighted by Gasteiger charge is 2.57. The lowest BCUT2D eigenvalue weighted by Crippen LogP contribution is -2.65. The van der Waals surface area contributed by atoms with E-state index in [1.165, 1.54) is 6.42 Å². The van der Waals surface area contributed by atoms with Crippen LogP contribution in [0.4, 0.5) is 0 Å². The number of benzene rings is 1. The zero-order valence-electron chi connectivity index (χ0n) is 15.6. The molecule has 6 heteroatoms. The Balaban J connectivity index is 1.38. The zero-order valence-corrected chi connectivity index (χ0v) is 16.4. The summed E-state index contributed by atoms with van der Waals surface area (Å²) in [6.45, 7) is 0. The standard InChI is InChI=1S/C22H23N3O2S/c26-20(25-21-6-13-3-14(7-21)9-22(27,8-13)11-21)17-4-15(19-10-23-12-28-19)5-18-16(17)1-2-24-18/h1-2,4-5,10,12-14,24,27H,3,6-9,11H2,(H,25,26). The number of carbonyl (C=O) groups is 1. The third-order valence-electron chi connectivity index (χ3n) is 7.04. The summed E-state index contributed by atoms with van der Waals surface area (Å²) in [5.74, 6) is 1.06. The van der Waals surface area contributed by atoms with Crippen LogP contribution in [-0.2, 0) is 0 Å². The zero-order chi connectivity index (χ0) is 18.9. The quantitative estimate of drug-likeness (QED) is 0.627. The van der Waals surface area contributed by atoms with E-state index in [2.05, 4.69) is 21.4 Å². The molecule has 2 unspecified atom stereocenters. The summed E-state index contributed by atoms with van der Waals surface area (Å²) in [6, 6.07) is 6.02. The van der Waals surface area contributed by atoms with E-state index in [1.807, 2.05) is 30.0 Å². The third-order valence-corrected chi connectivity index (χ3v) is 7.86. The van der Waals surface area contributed by atoms with E-state index in [0.29, 0.717) is 23.8 Å². The lowest BCUT2D eigenvalue weighted by Gasteiger charge is -2.60. The van der Waals surface area contributed by atoms with Crippen LogP contribution in [0.15, 0.2) is 36.1 Å². The lowest BCUT2D eigenvalue weighted by atomic mass is 9.51. The van der Waals surface area contributed by atoms with Crippen molar-refractivity contribution in [3.8, 4) is 10.4 Å². The predicted octanol–water partition coefficient (Wildman–Crippen LogP) is 4.10. The Labute approximate surface area is 167 Å². The highest BCUT2D eigenvalue weighted by atomic mass is 32.1. The summed E-state index contributed by atoms with van der Waals surface area (Å²) in [5.41, 5.74) is 3.64. The molecular weight excluding hydrogens is 370 g/mol. The molecule has 0 spiro atoms. The van der Waals surface area contributed by atoms with Gasteiger partial charge in [-0.1, -0.05) is 0 Å². The molecule has 0 saturated heterocycles. The summed E-state index contributed by atoms with van der Waals surface area (Å²) in [4.78, 5) is 21.9. The van der Waals surface area contributed by atoms with E-state index in [-0.39, 0.29) is 11.4 Å². The van der Waals surface area contributed by atoms with E-state index in [0.717, 1.165) is 47.0 Å². The number of nitrogens with one attached hydrogen (secondary N) is 2. The summed E-state index contributed by atoms with van der Waals surface area (Å²) in [7, 11) is 0. The number of amides is 1. The van der Waals surface area contributed by atoms with E-state index in [4.69, 9.17) is 0 Å². The molecule has 1 amide bonds. The number of aromatic nitrogens is 2. The number of fused-ring (bicyclic) bond motifs is 1. The molecule has 4 aliphatic carbocycles. The predicted molar refractivity (Wildman–Crippen MR) is 109 cm³/mol. The topological polar surface area (TPSA) is 78.0 Å². The molecule has 4 fully saturated rings. The van der Waals surface area contributed by atoms with Gasteiger partial charge < -0.3 is 15.4 Å². The maximum Gasteiger partial charge on any atom is 0.252 e. The molecule has 2 aromatic heterocycles. The van der Waals surface area contributed by atoms with Crippen molar-refractivity contribution in [1.29, 1.82) is 0 Å². The van der Waals surface area contributed by atoms with Gasteiger partial charge in [0.1, 0.15) is 0 Å². The number of aromatic amines is 1. The normalized spacial score (nSPS) is 33.5. The average molecular weight is 394 g/mol. The minimum absolute atomic E-state index is 0.0264. The fourth-order valence-electron chi connectivity index (χ4n) is 6.52. The number of H-pyrrole nitrogens is 1. The molecule has 7 rings (SSSR count). The Kier molecular flexibility index (Phi) is 3.39. The number of nitrogens with zero attached hydrogens (tertiary/aromatic N) is 1. The molecule has 0 aliphatic heterocycles. The first kappa shape index (κ1) is 16.7. The van der Waals surface area contributed by atoms with Crippen LogP contribution < -0.4 is 5.32 Å². The molecule has 4 saturated carbocycles. The number of hydrogen-bond acceptors (Lipinski definition) is 4. The van der Waals surface area contributed by atoms with Gasteiger partial charge in [0, 0.05) is 34.4 Å². The summed E-state index contributed by atoms with van der Waals surface area (Å²) in [5, 5.41) is 15.3. The number of rotatable bonds is 3. The van der Waals surface area contributed by atoms with Gasteiger partial charge in [-0.15, -0.1) is 11.3 Å². The molecular formula is C22H23N3O2S. The van der Waals surface area contributed by atoms with Crippen LogP contribution in [-0.4, -0.2) is 32.1 Å². The second-order valence-corrected chi connectivity index (χ2v) is 10.1. The SMILES string of the molecule is O=C(NC12CC3CC(CC(O)(C3)C1)C2)c1cc(-c2cncs2)cc2[nH]ccc12. The van der Waals surface area contributed by atoms with Gasteiger partial charge in [-0.2, -0.15) is 0 Å². The lowest BCUT2D eigenvalue weighted by molar-refractivity contribution is -0.139. The van der Waals surface area contributed by atoms with Crippen LogP contribution in [0.1, 0.15) is 48.9 Å². The second kappa shape index (κ2) is 5.67. The second-order valence-electron chi connectivity index (χ2n) is 9.25. The molecule has 2 atom stereocenters. The minimum atomic E-state index is -0.578. The highest BCUT2D eigenvalue weighted by molar-refractivity contribution is 7.13. The van der Waals surface area contributed by atoms with Crippen LogP contribution in [0.5, 0.6) is 0 Å². The Morgan fingerprint density at radius 2 is 2.07 bits per heavy atom. The molecule has 5 nitrogen and oxygen atoms in total. The Bertz CT molecular complexity index is 1060. The van der Waals surface area contributed by atoms with E-state index in [9.17, 15) is 9.90 Å². The van der Waals surface area contributed by atoms with Gasteiger partial charge in [0.05, 0.1) is 16.0 Å². The summed E-state index contributed by atoms with van der Waals surface area (Å²) >= 11 is 1.57. The van der Waals surface area contributed by atoms with Crippen LogP contribution in [0.2, 0.25) is 0 Å². The smallest absolute Gasteiger partial charge is 0.252 e. The average Bonchev–Trinajstić information content (AvgIpc) is 3.29. The van der Waals surface area contributed by atoms with Crippen molar-refractivity contribution in [1.82, 2.24) is 15.3 Å². The molecule has 28 heavy (non-hydrogen) atoms. The fraction of sp³-hybridized carbons (Fsp3) is 0.455. The largest absolute Gasteiger partial charge is 0.390 e. The van der Waals surface area contributed by atoms with Crippen molar-refractivity contribution in [3.05, 3.63) is 41.7 Å². The van der Waals surface area contributed by atoms with Gasteiger partial charge in [-0.05, 0) is 74.1 Å². The van der Waals surface area contributed by atoms with Gasteiger partial charge in [0.15, 0.2) is 0 Å². The van der Waals surface area contributed by atoms with Gasteiger partial charge in [0.2, 0.25) is 0 Å². The fourth-order valence-corrected chi connectivity index (χ4v) is 7.13. The van der Waals surface area contributed by atoms with Crippen molar-refractivity contribution in [2.45, 2.75) is 49.7 Å². The van der Waals surface area contributed by atoms with Crippen LogP contribution in [0.25, 0.3) is 21.3 Å². The van der Waals surface area contributed by atoms with Crippen molar-refractivity contribution >= 4 is 28.1 Å². The molecule has 3 N–H and O–H groups in total. The molecule has 3 aromatic rings. The van der Waals surface area contributed by atoms with Crippen molar-refractivity contribution in [2.75, 3.05) is 0 Å². The summed E-state index contributed by atoms with van der Waals surface area (Å²) < 4.78 is 0. The van der Waals surface area contributed by atoms with E-state index < -0.39 is 5.60 Å². The monoisotopic (exact) mass is 393 g/mol. The number of hydrogen-bond donors (Lipinski definition) is 3. The van der Waals surface area contributed by atoms with Gasteiger partial charge in [-0.3, -0.25) is 9.78 Å². The molecule has 1 aromatic carbocycles. The van der Waals surface area contributed by atoms with Crippen molar-refractivity contribution < 1.29 is 9.90 Å². The van der Waals surface area contributed by atoms with Gasteiger partial charge in [-0.25, -0.2) is 0 Å². The van der Waals surface area contributed by atoms with Crippen molar-refractivity contribution in [3.63, 3.8) is 0 Å². The summed E-state index contributed by atoms with van der Waals surface area (Å²) in [6.07, 6.45) is 9.45. The van der Waals surface area contributed by atoms with Crippen LogP contribution in [0.3, 0.4) is 0 Å². The Morgan fingerprint density at radius 3 is 2.79 bits per heavy atom. The molecule has 2 heterocycles. The van der Waals surface area contributed by atoms with Gasteiger partial charge >= 0.3 is 0 Å². The van der Waals surface area contributed by atoms with Gasteiger partial charge in [0.25, 0.3) is 5.91 Å². The van der Waals surface area contributed by atoms with Crippen LogP contribution in [0, 0.1) is 11.8 Å².